The maximum atomic E-state index is 10.6. The first kappa shape index (κ1) is 11.2. The highest BCUT2D eigenvalue weighted by molar-refractivity contribution is 5.46. The van der Waals surface area contributed by atoms with Crippen molar-refractivity contribution in [2.75, 3.05) is 6.54 Å². The number of hydrogen-bond donors (Lipinski definition) is 1. The van der Waals surface area contributed by atoms with Gasteiger partial charge in [-0.3, -0.25) is 10.1 Å². The van der Waals surface area contributed by atoms with Crippen LogP contribution in [-0.2, 0) is 0 Å². The molecule has 15 heavy (non-hydrogen) atoms. The van der Waals surface area contributed by atoms with Gasteiger partial charge in [0.15, 0.2) is 0 Å². The highest BCUT2D eigenvalue weighted by Crippen LogP contribution is 2.15. The van der Waals surface area contributed by atoms with Crippen LogP contribution >= 0.6 is 0 Å². The van der Waals surface area contributed by atoms with Crippen molar-refractivity contribution >= 4 is 5.69 Å². The fourth-order valence-corrected chi connectivity index (χ4v) is 1.18. The largest absolute Gasteiger partial charge is 0.330 e. The average Bonchev–Trinajstić information content (AvgIpc) is 2.17. The molecule has 1 aromatic carbocycles. The van der Waals surface area contributed by atoms with E-state index in [-0.39, 0.29) is 5.69 Å². The van der Waals surface area contributed by atoms with Gasteiger partial charge < -0.3 is 5.73 Å². The van der Waals surface area contributed by atoms with Gasteiger partial charge in [0.2, 0.25) is 0 Å². The summed E-state index contributed by atoms with van der Waals surface area (Å²) in [6.07, 6.45) is 0.599. The molecule has 1 rings (SSSR count). The van der Waals surface area contributed by atoms with Crippen molar-refractivity contribution in [3.8, 4) is 11.8 Å². The fraction of sp³-hybridized carbons (Fsp3) is 0.273. The molecule has 0 bridgehead atoms. The van der Waals surface area contributed by atoms with Crippen molar-refractivity contribution in [1.82, 2.24) is 0 Å². The van der Waals surface area contributed by atoms with Crippen LogP contribution in [0.4, 0.5) is 5.69 Å². The second-order valence-corrected chi connectivity index (χ2v) is 3.15. The number of benzene rings is 1. The molecule has 0 unspecified atom stereocenters. The van der Waals surface area contributed by atoms with Gasteiger partial charge in [-0.25, -0.2) is 0 Å². The number of rotatable bonds is 2. The Labute approximate surface area is 88.2 Å². The van der Waals surface area contributed by atoms with Crippen LogP contribution in [0.3, 0.4) is 0 Å². The molecule has 78 valence electrons. The second-order valence-electron chi connectivity index (χ2n) is 3.15. The quantitative estimate of drug-likeness (QED) is 0.452. The minimum absolute atomic E-state index is 0.0760. The van der Waals surface area contributed by atoms with Gasteiger partial charge >= 0.3 is 0 Å². The van der Waals surface area contributed by atoms with Crippen molar-refractivity contribution in [3.63, 3.8) is 0 Å². The Morgan fingerprint density at radius 3 is 2.80 bits per heavy atom. The molecule has 1 aromatic rings. The van der Waals surface area contributed by atoms with Crippen molar-refractivity contribution in [1.29, 1.82) is 0 Å². The summed E-state index contributed by atoms with van der Waals surface area (Å²) in [4.78, 5) is 10.2. The normalized spacial score (nSPS) is 9.20. The summed E-state index contributed by atoms with van der Waals surface area (Å²) in [7, 11) is 0. The maximum Gasteiger partial charge on any atom is 0.270 e. The fourth-order valence-electron chi connectivity index (χ4n) is 1.18. The number of nitro groups is 1. The number of nitrogens with zero attached hydrogens (tertiary/aromatic N) is 1. The minimum Gasteiger partial charge on any atom is -0.330 e. The first-order valence-electron chi connectivity index (χ1n) is 4.58. The van der Waals surface area contributed by atoms with E-state index in [9.17, 15) is 10.1 Å². The van der Waals surface area contributed by atoms with Crippen molar-refractivity contribution in [2.24, 2.45) is 5.73 Å². The van der Waals surface area contributed by atoms with Crippen LogP contribution in [-0.4, -0.2) is 11.5 Å². The molecule has 0 aromatic heterocycles. The molecule has 0 aliphatic rings. The molecule has 4 nitrogen and oxygen atoms in total. The smallest absolute Gasteiger partial charge is 0.270 e. The number of aryl methyl sites for hydroxylation is 1. The lowest BCUT2D eigenvalue weighted by Crippen LogP contribution is -1.95. The van der Waals surface area contributed by atoms with Gasteiger partial charge in [-0.2, -0.15) is 0 Å². The monoisotopic (exact) mass is 204 g/mol. The molecule has 0 heterocycles. The van der Waals surface area contributed by atoms with E-state index in [2.05, 4.69) is 11.8 Å². The first-order valence-corrected chi connectivity index (χ1v) is 4.58. The Morgan fingerprint density at radius 1 is 1.47 bits per heavy atom. The standard InChI is InChI=1S/C11H12N2O2/c1-9-6-10(4-2-3-5-12)8-11(7-9)13(14)15/h6-8H,3,5,12H2,1H3. The van der Waals surface area contributed by atoms with Gasteiger partial charge in [0.25, 0.3) is 5.69 Å². The van der Waals surface area contributed by atoms with Gasteiger partial charge in [-0.05, 0) is 18.6 Å². The molecule has 0 amide bonds. The number of nitrogens with two attached hydrogens (primary N) is 1. The number of nitro benzene ring substituents is 1. The highest BCUT2D eigenvalue weighted by atomic mass is 16.6. The van der Waals surface area contributed by atoms with Crippen LogP contribution in [0.1, 0.15) is 17.5 Å². The number of hydrogen-bond acceptors (Lipinski definition) is 3. The SMILES string of the molecule is Cc1cc(C#CCCN)cc([N+](=O)[O-])c1. The predicted octanol–water partition coefficient (Wildman–Crippen LogP) is 1.60. The van der Waals surface area contributed by atoms with E-state index in [4.69, 9.17) is 5.73 Å². The Hall–Kier alpha value is -1.86. The van der Waals surface area contributed by atoms with E-state index in [0.29, 0.717) is 18.5 Å². The molecule has 0 atom stereocenters. The summed E-state index contributed by atoms with van der Waals surface area (Å²) in [5.74, 6) is 5.69. The molecule has 0 fully saturated rings. The zero-order chi connectivity index (χ0) is 11.3. The van der Waals surface area contributed by atoms with E-state index in [1.165, 1.54) is 12.1 Å². The summed E-state index contributed by atoms with van der Waals surface area (Å²) in [5.41, 5.74) is 6.86. The van der Waals surface area contributed by atoms with Crippen LogP contribution in [0.25, 0.3) is 0 Å². The minimum atomic E-state index is -0.416. The van der Waals surface area contributed by atoms with Gasteiger partial charge in [0.1, 0.15) is 0 Å². The molecular formula is C11H12N2O2. The third-order valence-corrected chi connectivity index (χ3v) is 1.77. The Morgan fingerprint density at radius 2 is 2.20 bits per heavy atom. The van der Waals surface area contributed by atoms with Crippen LogP contribution < -0.4 is 5.73 Å². The predicted molar refractivity (Wildman–Crippen MR) is 58.4 cm³/mol. The van der Waals surface area contributed by atoms with Crippen LogP contribution in [0.5, 0.6) is 0 Å². The molecule has 4 heteroatoms. The Bertz CT molecular complexity index is 430. The zero-order valence-electron chi connectivity index (χ0n) is 8.49. The summed E-state index contributed by atoms with van der Waals surface area (Å²) < 4.78 is 0. The average molecular weight is 204 g/mol. The first-order chi connectivity index (χ1) is 7.13. The molecular weight excluding hydrogens is 192 g/mol. The highest BCUT2D eigenvalue weighted by Gasteiger charge is 2.06. The zero-order valence-corrected chi connectivity index (χ0v) is 8.49. The maximum absolute atomic E-state index is 10.6. The van der Waals surface area contributed by atoms with E-state index < -0.39 is 4.92 Å². The van der Waals surface area contributed by atoms with E-state index in [1.54, 1.807) is 6.92 Å². The van der Waals surface area contributed by atoms with Crippen molar-refractivity contribution in [3.05, 3.63) is 39.4 Å². The van der Waals surface area contributed by atoms with E-state index >= 15 is 0 Å². The topological polar surface area (TPSA) is 69.2 Å². The Kier molecular flexibility index (Phi) is 3.83. The lowest BCUT2D eigenvalue weighted by molar-refractivity contribution is -0.384. The van der Waals surface area contributed by atoms with Gasteiger partial charge in [0, 0.05) is 30.7 Å². The van der Waals surface area contributed by atoms with Crippen LogP contribution in [0, 0.1) is 28.9 Å². The van der Waals surface area contributed by atoms with Crippen LogP contribution in [0.15, 0.2) is 18.2 Å². The van der Waals surface area contributed by atoms with Crippen LogP contribution in [0.2, 0.25) is 0 Å². The summed E-state index contributed by atoms with van der Waals surface area (Å²) in [6.45, 7) is 2.31. The summed E-state index contributed by atoms with van der Waals surface area (Å²) >= 11 is 0. The lowest BCUT2D eigenvalue weighted by atomic mass is 10.1. The molecule has 0 aliphatic heterocycles. The van der Waals surface area contributed by atoms with Crippen molar-refractivity contribution < 1.29 is 4.92 Å². The summed E-state index contributed by atoms with van der Waals surface area (Å²) in [5, 5.41) is 10.6. The number of non-ortho nitro benzene ring substituents is 1. The molecule has 0 saturated carbocycles. The van der Waals surface area contributed by atoms with E-state index in [1.807, 2.05) is 6.07 Å². The third-order valence-electron chi connectivity index (χ3n) is 1.77. The van der Waals surface area contributed by atoms with E-state index in [0.717, 1.165) is 5.56 Å². The molecule has 0 aliphatic carbocycles. The van der Waals surface area contributed by atoms with Gasteiger partial charge in [-0.1, -0.05) is 11.8 Å². The molecule has 0 saturated heterocycles. The molecule has 0 radical (unpaired) electrons. The molecule has 0 spiro atoms. The summed E-state index contributed by atoms with van der Waals surface area (Å²) in [6, 6.07) is 4.81. The van der Waals surface area contributed by atoms with Gasteiger partial charge in [-0.15, -0.1) is 0 Å². The Balaban J connectivity index is 3.00. The second kappa shape index (κ2) is 5.13. The third kappa shape index (κ3) is 3.41. The van der Waals surface area contributed by atoms with Crippen molar-refractivity contribution in [2.45, 2.75) is 13.3 Å². The van der Waals surface area contributed by atoms with Gasteiger partial charge in [0.05, 0.1) is 4.92 Å². The lowest BCUT2D eigenvalue weighted by Gasteiger charge is -1.95. The molecule has 2 N–H and O–H groups in total.